The fraction of sp³-hybridized carbons (Fsp3) is 0.440. The van der Waals surface area contributed by atoms with Crippen LogP contribution < -0.4 is 0 Å². The molecule has 0 saturated carbocycles. The lowest BCUT2D eigenvalue weighted by Gasteiger charge is -2.42. The summed E-state index contributed by atoms with van der Waals surface area (Å²) in [5, 5.41) is 0. The van der Waals surface area contributed by atoms with Crippen LogP contribution in [-0.4, -0.2) is 25.2 Å². The second kappa shape index (κ2) is 9.86. The van der Waals surface area contributed by atoms with Gasteiger partial charge in [-0.15, -0.1) is 0 Å². The van der Waals surface area contributed by atoms with Gasteiger partial charge in [0.25, 0.3) is 0 Å². The number of hydrogen-bond acceptors (Lipinski definition) is 4. The van der Waals surface area contributed by atoms with E-state index in [1.54, 1.807) is 0 Å². The molecule has 2 aromatic rings. The molecule has 6 heteroatoms. The molecule has 0 amide bonds. The molecular formula is C25H28Br2O4. The molecule has 0 radical (unpaired) electrons. The van der Waals surface area contributed by atoms with Crippen LogP contribution >= 0.6 is 31.9 Å². The number of carbonyl (C=O) groups excluding carboxylic acids is 2. The Morgan fingerprint density at radius 1 is 0.806 bits per heavy atom. The van der Waals surface area contributed by atoms with Gasteiger partial charge in [-0.3, -0.25) is 9.59 Å². The van der Waals surface area contributed by atoms with Crippen molar-refractivity contribution in [2.45, 2.75) is 46.0 Å². The number of esters is 2. The fourth-order valence-corrected chi connectivity index (χ4v) is 5.86. The van der Waals surface area contributed by atoms with Crippen molar-refractivity contribution in [2.75, 3.05) is 13.2 Å². The van der Waals surface area contributed by atoms with E-state index >= 15 is 0 Å². The van der Waals surface area contributed by atoms with Crippen molar-refractivity contribution in [1.29, 1.82) is 0 Å². The Morgan fingerprint density at radius 2 is 1.19 bits per heavy atom. The van der Waals surface area contributed by atoms with E-state index in [0.717, 1.165) is 31.2 Å². The summed E-state index contributed by atoms with van der Waals surface area (Å²) in [6, 6.07) is 12.6. The summed E-state index contributed by atoms with van der Waals surface area (Å²) < 4.78 is 12.5. The SMILES string of the molecule is CCOC(=O)CC(C)C1(C(C)CC(=O)OCC)c2cc(Br)ccc2-c2ccc(Br)cc21. The zero-order valence-electron chi connectivity index (χ0n) is 18.3. The van der Waals surface area contributed by atoms with Gasteiger partial charge in [0.1, 0.15) is 0 Å². The third-order valence-electron chi connectivity index (χ3n) is 6.26. The molecule has 2 unspecified atom stereocenters. The number of rotatable bonds is 8. The smallest absolute Gasteiger partial charge is 0.306 e. The molecule has 31 heavy (non-hydrogen) atoms. The maximum absolute atomic E-state index is 12.5. The predicted molar refractivity (Wildman–Crippen MR) is 129 cm³/mol. The third kappa shape index (κ3) is 4.47. The molecule has 2 aromatic carbocycles. The van der Waals surface area contributed by atoms with Crippen LogP contribution in [-0.2, 0) is 24.5 Å². The van der Waals surface area contributed by atoms with Crippen LogP contribution in [0.5, 0.6) is 0 Å². The molecule has 2 atom stereocenters. The van der Waals surface area contributed by atoms with Crippen molar-refractivity contribution in [3.05, 3.63) is 56.5 Å². The molecule has 4 nitrogen and oxygen atoms in total. The lowest BCUT2D eigenvalue weighted by atomic mass is 9.60. The molecule has 0 saturated heterocycles. The molecule has 0 heterocycles. The number of benzene rings is 2. The van der Waals surface area contributed by atoms with Crippen LogP contribution in [0.15, 0.2) is 45.3 Å². The average molecular weight is 552 g/mol. The van der Waals surface area contributed by atoms with Crippen molar-refractivity contribution < 1.29 is 19.1 Å². The highest BCUT2D eigenvalue weighted by molar-refractivity contribution is 9.10. The summed E-state index contributed by atoms with van der Waals surface area (Å²) in [6.45, 7) is 8.49. The van der Waals surface area contributed by atoms with Gasteiger partial charge in [0, 0.05) is 27.2 Å². The first kappa shape index (κ1) is 24.0. The molecular weight excluding hydrogens is 524 g/mol. The number of halogens is 2. The Balaban J connectivity index is 2.24. The van der Waals surface area contributed by atoms with E-state index in [4.69, 9.17) is 9.47 Å². The standard InChI is InChI=1S/C25H28Br2O4/c1-5-30-23(28)11-15(3)25(16(4)12-24(29)31-6-2)21-13-17(26)7-9-19(21)20-10-8-18(27)14-22(20)25/h7-10,13-16H,5-6,11-12H2,1-4H3. The van der Waals surface area contributed by atoms with Gasteiger partial charge in [0.15, 0.2) is 0 Å². The molecule has 1 aliphatic carbocycles. The first-order chi connectivity index (χ1) is 14.7. The second-order valence-electron chi connectivity index (χ2n) is 8.07. The molecule has 166 valence electrons. The summed E-state index contributed by atoms with van der Waals surface area (Å²) in [5.41, 5.74) is 3.99. The molecule has 1 aliphatic rings. The second-order valence-corrected chi connectivity index (χ2v) is 9.90. The fourth-order valence-electron chi connectivity index (χ4n) is 5.14. The van der Waals surface area contributed by atoms with Crippen LogP contribution in [0.4, 0.5) is 0 Å². The van der Waals surface area contributed by atoms with Gasteiger partial charge in [0.05, 0.1) is 13.2 Å². The zero-order valence-corrected chi connectivity index (χ0v) is 21.5. The molecule has 0 aliphatic heterocycles. The van der Waals surface area contributed by atoms with Crippen LogP contribution in [0.1, 0.15) is 51.7 Å². The van der Waals surface area contributed by atoms with Gasteiger partial charge < -0.3 is 9.47 Å². The summed E-state index contributed by atoms with van der Waals surface area (Å²) >= 11 is 7.27. The van der Waals surface area contributed by atoms with Crippen molar-refractivity contribution in [3.63, 3.8) is 0 Å². The van der Waals surface area contributed by atoms with Crippen molar-refractivity contribution >= 4 is 43.8 Å². The maximum atomic E-state index is 12.5. The highest BCUT2D eigenvalue weighted by Gasteiger charge is 2.51. The monoisotopic (exact) mass is 550 g/mol. The summed E-state index contributed by atoms with van der Waals surface area (Å²) in [4.78, 5) is 25.1. The molecule has 0 bridgehead atoms. The minimum Gasteiger partial charge on any atom is -0.466 e. The van der Waals surface area contributed by atoms with Gasteiger partial charge >= 0.3 is 11.9 Å². The van der Waals surface area contributed by atoms with Crippen LogP contribution in [0.3, 0.4) is 0 Å². The summed E-state index contributed by atoms with van der Waals surface area (Å²) in [5.74, 6) is -0.644. The summed E-state index contributed by atoms with van der Waals surface area (Å²) in [6.07, 6.45) is 0.526. The van der Waals surface area contributed by atoms with Gasteiger partial charge in [-0.2, -0.15) is 0 Å². The minimum atomic E-state index is -0.544. The van der Waals surface area contributed by atoms with E-state index in [1.807, 2.05) is 26.0 Å². The van der Waals surface area contributed by atoms with E-state index in [1.165, 1.54) is 0 Å². The highest BCUT2D eigenvalue weighted by atomic mass is 79.9. The molecule has 0 spiro atoms. The largest absolute Gasteiger partial charge is 0.466 e. The van der Waals surface area contributed by atoms with Crippen molar-refractivity contribution in [3.8, 4) is 11.1 Å². The zero-order chi connectivity index (χ0) is 22.8. The van der Waals surface area contributed by atoms with Gasteiger partial charge in [-0.1, -0.05) is 57.8 Å². The normalized spacial score (nSPS) is 15.5. The third-order valence-corrected chi connectivity index (χ3v) is 7.24. The Bertz CT molecular complexity index is 906. The van der Waals surface area contributed by atoms with E-state index in [0.29, 0.717) is 13.2 Å². The molecule has 0 fully saturated rings. The minimum absolute atomic E-state index is 0.0976. The number of ether oxygens (including phenoxy) is 2. The van der Waals surface area contributed by atoms with Gasteiger partial charge in [0.2, 0.25) is 0 Å². The number of fused-ring (bicyclic) bond motifs is 3. The average Bonchev–Trinajstić information content (AvgIpc) is 2.97. The maximum Gasteiger partial charge on any atom is 0.306 e. The van der Waals surface area contributed by atoms with Crippen LogP contribution in [0.2, 0.25) is 0 Å². The van der Waals surface area contributed by atoms with E-state index < -0.39 is 5.41 Å². The molecule has 0 N–H and O–H groups in total. The van der Waals surface area contributed by atoms with E-state index in [2.05, 4.69) is 70.0 Å². The molecule has 3 rings (SSSR count). The van der Waals surface area contributed by atoms with Gasteiger partial charge in [-0.25, -0.2) is 0 Å². The topological polar surface area (TPSA) is 52.6 Å². The summed E-state index contributed by atoms with van der Waals surface area (Å²) in [7, 11) is 0. The predicted octanol–water partition coefficient (Wildman–Crippen LogP) is 6.66. The Hall–Kier alpha value is -1.66. The van der Waals surface area contributed by atoms with Crippen molar-refractivity contribution in [1.82, 2.24) is 0 Å². The highest BCUT2D eigenvalue weighted by Crippen LogP contribution is 2.58. The first-order valence-corrected chi connectivity index (χ1v) is 12.3. The van der Waals surface area contributed by atoms with Crippen LogP contribution in [0.25, 0.3) is 11.1 Å². The van der Waals surface area contributed by atoms with Crippen molar-refractivity contribution in [2.24, 2.45) is 11.8 Å². The lowest BCUT2D eigenvalue weighted by Crippen LogP contribution is -2.42. The quantitative estimate of drug-likeness (QED) is 0.344. The Labute approximate surface area is 201 Å². The number of carbonyl (C=O) groups is 2. The van der Waals surface area contributed by atoms with Crippen LogP contribution in [0, 0.1) is 11.8 Å². The molecule has 0 aromatic heterocycles. The van der Waals surface area contributed by atoms with E-state index in [9.17, 15) is 9.59 Å². The lowest BCUT2D eigenvalue weighted by molar-refractivity contribution is -0.145. The number of hydrogen-bond donors (Lipinski definition) is 0. The van der Waals surface area contributed by atoms with E-state index in [-0.39, 0.29) is 36.6 Å². The Kier molecular flexibility index (Phi) is 7.63. The van der Waals surface area contributed by atoms with Gasteiger partial charge in [-0.05, 0) is 72.2 Å². The Morgan fingerprint density at radius 3 is 1.55 bits per heavy atom. The first-order valence-electron chi connectivity index (χ1n) is 10.7.